The number of hydrogen-bond acceptors (Lipinski definition) is 5. The molecular weight excluding hydrogens is 330 g/mol. The fraction of sp³-hybridized carbons (Fsp3) is 0.438. The van der Waals surface area contributed by atoms with E-state index in [1.54, 1.807) is 12.1 Å². The summed E-state index contributed by atoms with van der Waals surface area (Å²) in [6, 6.07) is 7.36. The van der Waals surface area contributed by atoms with Crippen LogP contribution < -0.4 is 5.32 Å². The van der Waals surface area contributed by atoms with Gasteiger partial charge in [0.25, 0.3) is 0 Å². The highest BCUT2D eigenvalue weighted by molar-refractivity contribution is 6.30. The number of carbonyl (C=O) groups excluding carboxylic acids is 1. The highest BCUT2D eigenvalue weighted by atomic mass is 35.5. The van der Waals surface area contributed by atoms with Crippen molar-refractivity contribution in [2.75, 3.05) is 19.6 Å². The largest absolute Gasteiger partial charge is 0.382 e. The lowest BCUT2D eigenvalue weighted by atomic mass is 9.90. The number of aromatic nitrogens is 3. The number of piperidine rings is 1. The minimum Gasteiger partial charge on any atom is -0.382 e. The van der Waals surface area contributed by atoms with Crippen molar-refractivity contribution in [1.29, 1.82) is 0 Å². The van der Waals surface area contributed by atoms with Gasteiger partial charge in [-0.2, -0.15) is 15.4 Å². The van der Waals surface area contributed by atoms with Crippen LogP contribution in [0, 0.1) is 0 Å². The van der Waals surface area contributed by atoms with Gasteiger partial charge in [0.15, 0.2) is 0 Å². The fourth-order valence-corrected chi connectivity index (χ4v) is 3.08. The van der Waals surface area contributed by atoms with Crippen molar-refractivity contribution < 1.29 is 9.90 Å². The second-order valence-corrected chi connectivity index (χ2v) is 6.54. The van der Waals surface area contributed by atoms with Crippen LogP contribution in [-0.4, -0.2) is 51.0 Å². The fourth-order valence-electron chi connectivity index (χ4n) is 2.95. The summed E-state index contributed by atoms with van der Waals surface area (Å²) < 4.78 is 0. The molecule has 1 aliphatic heterocycles. The number of aromatic amines is 1. The Bertz CT molecular complexity index is 676. The molecule has 1 aliphatic rings. The first-order chi connectivity index (χ1) is 11.5. The normalized spacial score (nSPS) is 21.6. The summed E-state index contributed by atoms with van der Waals surface area (Å²) in [7, 11) is 0. The van der Waals surface area contributed by atoms with Crippen LogP contribution in [0.5, 0.6) is 0 Å². The lowest BCUT2D eigenvalue weighted by molar-refractivity contribution is -0.124. The molecular formula is C16H20ClN5O2. The Kier molecular flexibility index (Phi) is 5.13. The van der Waals surface area contributed by atoms with Gasteiger partial charge >= 0.3 is 0 Å². The number of nitrogens with zero attached hydrogens (tertiary/aromatic N) is 3. The van der Waals surface area contributed by atoms with Gasteiger partial charge in [0, 0.05) is 18.1 Å². The molecule has 128 valence electrons. The number of nitrogens with one attached hydrogen (secondary N) is 2. The maximum Gasteiger partial charge on any atom is 0.234 e. The molecule has 1 aromatic heterocycles. The quantitative estimate of drug-likeness (QED) is 0.750. The van der Waals surface area contributed by atoms with Crippen molar-refractivity contribution in [1.82, 2.24) is 25.6 Å². The lowest BCUT2D eigenvalue weighted by Gasteiger charge is -2.37. The van der Waals surface area contributed by atoms with Gasteiger partial charge in [0.2, 0.25) is 5.91 Å². The summed E-state index contributed by atoms with van der Waals surface area (Å²) in [6.07, 6.45) is 2.94. The van der Waals surface area contributed by atoms with Crippen LogP contribution in [0.15, 0.2) is 30.5 Å². The summed E-state index contributed by atoms with van der Waals surface area (Å²) in [4.78, 5) is 14.1. The number of halogens is 1. The van der Waals surface area contributed by atoms with Crippen molar-refractivity contribution in [3.63, 3.8) is 0 Å². The first kappa shape index (κ1) is 16.9. The maximum atomic E-state index is 12.2. The summed E-state index contributed by atoms with van der Waals surface area (Å²) in [6.45, 7) is 1.84. The highest BCUT2D eigenvalue weighted by Gasteiger charge is 2.37. The van der Waals surface area contributed by atoms with Crippen LogP contribution in [0.4, 0.5) is 0 Å². The Morgan fingerprint density at radius 3 is 2.92 bits per heavy atom. The lowest BCUT2D eigenvalue weighted by Crippen LogP contribution is -2.49. The van der Waals surface area contributed by atoms with Crippen LogP contribution in [-0.2, 0) is 16.9 Å². The average Bonchev–Trinajstić information content (AvgIpc) is 3.10. The standard InChI is InChI=1S/C16H20ClN5O2/c17-13-4-2-12(3-5-13)8-18-15(23)10-22-7-1-6-16(24,11-22)14-9-19-21-20-14/h2-5,9,24H,1,6-8,10-11H2,(H,18,23)(H,19,20,21). The van der Waals surface area contributed by atoms with Gasteiger partial charge in [0.05, 0.1) is 12.7 Å². The summed E-state index contributed by atoms with van der Waals surface area (Å²) in [5, 5.41) is 24.6. The SMILES string of the molecule is O=C(CN1CCCC(O)(c2cn[nH]n2)C1)NCc1ccc(Cl)cc1. The number of H-pyrrole nitrogens is 1. The zero-order chi connectivity index (χ0) is 17.0. The first-order valence-corrected chi connectivity index (χ1v) is 8.25. The van der Waals surface area contributed by atoms with Gasteiger partial charge < -0.3 is 10.4 Å². The summed E-state index contributed by atoms with van der Waals surface area (Å²) in [5.74, 6) is -0.0747. The Hall–Kier alpha value is -1.96. The second kappa shape index (κ2) is 7.29. The molecule has 0 saturated carbocycles. The summed E-state index contributed by atoms with van der Waals surface area (Å²) in [5.41, 5.74) is 0.459. The maximum absolute atomic E-state index is 12.2. The molecule has 1 saturated heterocycles. The molecule has 0 bridgehead atoms. The molecule has 2 aromatic rings. The van der Waals surface area contributed by atoms with Gasteiger partial charge in [-0.25, -0.2) is 0 Å². The van der Waals surface area contributed by atoms with Crippen LogP contribution in [0.1, 0.15) is 24.1 Å². The number of β-amino-alcohol motifs (C(OH)–C–C–N with tert-alkyl or cyclic N) is 1. The zero-order valence-corrected chi connectivity index (χ0v) is 14.0. The Morgan fingerprint density at radius 2 is 2.21 bits per heavy atom. The molecule has 3 N–H and O–H groups in total. The smallest absolute Gasteiger partial charge is 0.234 e. The third-order valence-corrected chi connectivity index (χ3v) is 4.46. The molecule has 3 rings (SSSR count). The van der Waals surface area contributed by atoms with E-state index < -0.39 is 5.60 Å². The number of benzene rings is 1. The molecule has 24 heavy (non-hydrogen) atoms. The predicted molar refractivity (Wildman–Crippen MR) is 89.3 cm³/mol. The molecule has 1 aromatic carbocycles. The topological polar surface area (TPSA) is 94.1 Å². The van der Waals surface area contributed by atoms with E-state index in [4.69, 9.17) is 11.6 Å². The highest BCUT2D eigenvalue weighted by Crippen LogP contribution is 2.29. The van der Waals surface area contributed by atoms with Gasteiger partial charge in [-0.05, 0) is 37.1 Å². The van der Waals surface area contributed by atoms with Crippen molar-refractivity contribution in [3.8, 4) is 0 Å². The Balaban J connectivity index is 1.51. The number of rotatable bonds is 5. The molecule has 1 amide bonds. The van der Waals surface area contributed by atoms with Crippen LogP contribution in [0.3, 0.4) is 0 Å². The van der Waals surface area contributed by atoms with E-state index in [0.717, 1.165) is 18.5 Å². The van der Waals surface area contributed by atoms with E-state index >= 15 is 0 Å². The van der Waals surface area contributed by atoms with Crippen molar-refractivity contribution >= 4 is 17.5 Å². The molecule has 8 heteroatoms. The molecule has 2 heterocycles. The van der Waals surface area contributed by atoms with E-state index in [0.29, 0.717) is 30.2 Å². The average molecular weight is 350 g/mol. The number of carbonyl (C=O) groups is 1. The zero-order valence-electron chi connectivity index (χ0n) is 13.2. The van der Waals surface area contributed by atoms with Gasteiger partial charge in [-0.15, -0.1) is 0 Å². The van der Waals surface area contributed by atoms with Gasteiger partial charge in [-0.3, -0.25) is 9.69 Å². The number of hydrogen-bond donors (Lipinski definition) is 3. The Morgan fingerprint density at radius 1 is 1.42 bits per heavy atom. The van der Waals surface area contributed by atoms with E-state index in [1.165, 1.54) is 6.20 Å². The van der Waals surface area contributed by atoms with Crippen molar-refractivity contribution in [3.05, 3.63) is 46.7 Å². The number of amides is 1. The van der Waals surface area contributed by atoms with Crippen molar-refractivity contribution in [2.24, 2.45) is 0 Å². The molecule has 0 aliphatic carbocycles. The molecule has 0 spiro atoms. The van der Waals surface area contributed by atoms with Crippen LogP contribution in [0.2, 0.25) is 5.02 Å². The monoisotopic (exact) mass is 349 g/mol. The number of likely N-dealkylation sites (tertiary alicyclic amines) is 1. The predicted octanol–water partition coefficient (Wildman–Crippen LogP) is 1.06. The van der Waals surface area contributed by atoms with E-state index in [2.05, 4.69) is 20.7 Å². The number of aliphatic hydroxyl groups is 1. The summed E-state index contributed by atoms with van der Waals surface area (Å²) >= 11 is 5.84. The molecule has 1 fully saturated rings. The first-order valence-electron chi connectivity index (χ1n) is 7.87. The third kappa shape index (κ3) is 4.11. The van der Waals surface area contributed by atoms with Gasteiger partial charge in [-0.1, -0.05) is 23.7 Å². The van der Waals surface area contributed by atoms with E-state index in [-0.39, 0.29) is 12.5 Å². The molecule has 1 atom stereocenters. The van der Waals surface area contributed by atoms with Crippen molar-refractivity contribution in [2.45, 2.75) is 25.0 Å². The van der Waals surface area contributed by atoms with E-state index in [1.807, 2.05) is 17.0 Å². The van der Waals surface area contributed by atoms with Crippen LogP contribution >= 0.6 is 11.6 Å². The third-order valence-electron chi connectivity index (χ3n) is 4.21. The van der Waals surface area contributed by atoms with Crippen LogP contribution in [0.25, 0.3) is 0 Å². The van der Waals surface area contributed by atoms with Gasteiger partial charge in [0.1, 0.15) is 11.3 Å². The van der Waals surface area contributed by atoms with E-state index in [9.17, 15) is 9.90 Å². The molecule has 1 unspecified atom stereocenters. The Labute approximate surface area is 145 Å². The second-order valence-electron chi connectivity index (χ2n) is 6.10. The minimum absolute atomic E-state index is 0.0747. The molecule has 7 nitrogen and oxygen atoms in total. The minimum atomic E-state index is -1.05. The molecule has 0 radical (unpaired) electrons.